The summed E-state index contributed by atoms with van der Waals surface area (Å²) in [4.78, 5) is 27.5. The van der Waals surface area contributed by atoms with E-state index in [2.05, 4.69) is 5.10 Å². The van der Waals surface area contributed by atoms with Gasteiger partial charge in [0.05, 0.1) is 24.7 Å². The highest BCUT2D eigenvalue weighted by molar-refractivity contribution is 8.00. The summed E-state index contributed by atoms with van der Waals surface area (Å²) in [6.07, 6.45) is 4.05. The topological polar surface area (TPSA) is 73.7 Å². The maximum atomic E-state index is 12.9. The minimum Gasteiger partial charge on any atom is -0.497 e. The van der Waals surface area contributed by atoms with Gasteiger partial charge in [-0.15, -0.1) is 11.8 Å². The van der Waals surface area contributed by atoms with Gasteiger partial charge in [-0.25, -0.2) is 0 Å². The molecule has 1 saturated heterocycles. The summed E-state index contributed by atoms with van der Waals surface area (Å²) in [5.41, 5.74) is 1.00. The Bertz CT molecular complexity index is 875. The zero-order valence-corrected chi connectivity index (χ0v) is 15.2. The van der Waals surface area contributed by atoms with Crippen LogP contribution in [0.25, 0.3) is 0 Å². The van der Waals surface area contributed by atoms with E-state index < -0.39 is 0 Å². The van der Waals surface area contributed by atoms with Gasteiger partial charge in [-0.05, 0) is 43.5 Å². The van der Waals surface area contributed by atoms with Crippen molar-refractivity contribution >= 4 is 29.0 Å². The number of hydrogen-bond donors (Lipinski definition) is 0. The van der Waals surface area contributed by atoms with Gasteiger partial charge < -0.3 is 9.47 Å². The number of anilines is 2. The zero-order valence-electron chi connectivity index (χ0n) is 14.4. The summed E-state index contributed by atoms with van der Waals surface area (Å²) in [6.45, 7) is 0.638. The maximum absolute atomic E-state index is 12.9. The number of nitrogens with zero attached hydrogens (tertiary/aromatic N) is 3. The van der Waals surface area contributed by atoms with E-state index in [1.807, 2.05) is 0 Å². The van der Waals surface area contributed by atoms with Crippen LogP contribution in [-0.2, 0) is 9.53 Å². The van der Waals surface area contributed by atoms with E-state index in [0.29, 0.717) is 28.6 Å². The van der Waals surface area contributed by atoms with E-state index in [1.165, 1.54) is 16.4 Å². The molecule has 136 valence electrons. The Morgan fingerprint density at radius 1 is 1.23 bits per heavy atom. The van der Waals surface area contributed by atoms with Gasteiger partial charge in [0, 0.05) is 12.3 Å². The van der Waals surface area contributed by atoms with E-state index in [1.54, 1.807) is 42.5 Å². The Morgan fingerprint density at radius 3 is 2.73 bits per heavy atom. The third-order valence-corrected chi connectivity index (χ3v) is 5.59. The highest BCUT2D eigenvalue weighted by Gasteiger charge is 2.31. The molecule has 1 fully saturated rings. The lowest BCUT2D eigenvalue weighted by Gasteiger charge is -2.30. The number of methoxy groups -OCH3 is 1. The first-order chi connectivity index (χ1) is 12.7. The number of carbonyl (C=O) groups excluding carboxylic acids is 1. The number of rotatable bonds is 3. The summed E-state index contributed by atoms with van der Waals surface area (Å²) < 4.78 is 12.3. The van der Waals surface area contributed by atoms with E-state index in [4.69, 9.17) is 9.47 Å². The molecule has 26 heavy (non-hydrogen) atoms. The quantitative estimate of drug-likeness (QED) is 0.824. The number of carbonyl (C=O) groups is 1. The second kappa shape index (κ2) is 7.13. The summed E-state index contributed by atoms with van der Waals surface area (Å²) in [7, 11) is 1.59. The SMILES string of the molecule is COc1ccc(N2C(=O)CSc3c2cnn(C2CCCCO2)c3=O)cc1. The molecule has 7 nitrogen and oxygen atoms in total. The van der Waals surface area contributed by atoms with Crippen LogP contribution in [0.1, 0.15) is 25.5 Å². The fraction of sp³-hybridized carbons (Fsp3) is 0.389. The first-order valence-corrected chi connectivity index (χ1v) is 9.51. The van der Waals surface area contributed by atoms with Gasteiger partial charge in [-0.3, -0.25) is 14.5 Å². The second-order valence-electron chi connectivity index (χ2n) is 6.15. The Balaban J connectivity index is 1.74. The molecule has 8 heteroatoms. The Labute approximate surface area is 154 Å². The number of hydrogen-bond acceptors (Lipinski definition) is 6. The third kappa shape index (κ3) is 2.99. The van der Waals surface area contributed by atoms with E-state index in [0.717, 1.165) is 19.3 Å². The van der Waals surface area contributed by atoms with Crippen molar-refractivity contribution in [1.29, 1.82) is 0 Å². The van der Waals surface area contributed by atoms with Crippen molar-refractivity contribution in [2.24, 2.45) is 0 Å². The summed E-state index contributed by atoms with van der Waals surface area (Å²) in [6, 6.07) is 7.17. The van der Waals surface area contributed by atoms with Gasteiger partial charge in [-0.2, -0.15) is 9.78 Å². The van der Waals surface area contributed by atoms with Crippen LogP contribution in [0.5, 0.6) is 5.75 Å². The van der Waals surface area contributed by atoms with Crippen molar-refractivity contribution in [2.45, 2.75) is 30.4 Å². The fourth-order valence-corrected chi connectivity index (χ4v) is 4.11. The lowest BCUT2D eigenvalue weighted by atomic mass is 10.2. The van der Waals surface area contributed by atoms with Gasteiger partial charge >= 0.3 is 0 Å². The monoisotopic (exact) mass is 373 g/mol. The predicted molar refractivity (Wildman–Crippen MR) is 98.2 cm³/mol. The predicted octanol–water partition coefficient (Wildman–Crippen LogP) is 2.72. The molecule has 1 atom stereocenters. The molecule has 0 N–H and O–H groups in total. The van der Waals surface area contributed by atoms with Crippen LogP contribution in [0.4, 0.5) is 11.4 Å². The molecular formula is C18H19N3O4S. The first kappa shape index (κ1) is 17.1. The second-order valence-corrected chi connectivity index (χ2v) is 7.13. The summed E-state index contributed by atoms with van der Waals surface area (Å²) >= 11 is 1.26. The van der Waals surface area contributed by atoms with Crippen molar-refractivity contribution in [3.8, 4) is 5.75 Å². The molecule has 0 bridgehead atoms. The lowest BCUT2D eigenvalue weighted by Crippen LogP contribution is -2.38. The van der Waals surface area contributed by atoms with Crippen LogP contribution in [0, 0.1) is 0 Å². The number of ether oxygens (including phenoxy) is 2. The normalized spacial score (nSPS) is 20.0. The van der Waals surface area contributed by atoms with Crippen molar-refractivity contribution in [3.63, 3.8) is 0 Å². The molecule has 1 aromatic carbocycles. The highest BCUT2D eigenvalue weighted by Crippen LogP contribution is 2.37. The van der Waals surface area contributed by atoms with Crippen LogP contribution in [0.3, 0.4) is 0 Å². The summed E-state index contributed by atoms with van der Waals surface area (Å²) in [5.74, 6) is 0.834. The number of thioether (sulfide) groups is 1. The van der Waals surface area contributed by atoms with Crippen LogP contribution in [-0.4, -0.2) is 35.2 Å². The standard InChI is InChI=1S/C18H19N3O4S/c1-24-13-7-5-12(6-8-13)20-14-10-19-21(16-4-2-3-9-25-16)18(23)17(14)26-11-15(20)22/h5-8,10,16H,2-4,9,11H2,1H3. The molecule has 0 radical (unpaired) electrons. The minimum atomic E-state index is -0.325. The van der Waals surface area contributed by atoms with Crippen molar-refractivity contribution in [2.75, 3.05) is 24.4 Å². The molecule has 0 aliphatic carbocycles. The largest absolute Gasteiger partial charge is 0.497 e. The number of benzene rings is 1. The Morgan fingerprint density at radius 2 is 2.04 bits per heavy atom. The molecular weight excluding hydrogens is 354 g/mol. The van der Waals surface area contributed by atoms with E-state index in [9.17, 15) is 9.59 Å². The molecule has 4 rings (SSSR count). The van der Waals surface area contributed by atoms with Crippen molar-refractivity contribution in [1.82, 2.24) is 9.78 Å². The van der Waals surface area contributed by atoms with Gasteiger partial charge in [0.25, 0.3) is 5.56 Å². The van der Waals surface area contributed by atoms with Gasteiger partial charge in [0.1, 0.15) is 10.6 Å². The molecule has 2 aliphatic heterocycles. The molecule has 0 saturated carbocycles. The van der Waals surface area contributed by atoms with E-state index in [-0.39, 0.29) is 23.4 Å². The molecule has 0 spiro atoms. The van der Waals surface area contributed by atoms with Gasteiger partial charge in [-0.1, -0.05) is 0 Å². The smallest absolute Gasteiger partial charge is 0.285 e. The van der Waals surface area contributed by atoms with E-state index >= 15 is 0 Å². The zero-order chi connectivity index (χ0) is 18.1. The summed E-state index contributed by atoms with van der Waals surface area (Å²) in [5, 5.41) is 4.31. The average Bonchev–Trinajstić information content (AvgIpc) is 2.69. The van der Waals surface area contributed by atoms with Crippen LogP contribution in [0.2, 0.25) is 0 Å². The molecule has 2 aromatic rings. The Kier molecular flexibility index (Phi) is 4.69. The van der Waals surface area contributed by atoms with Crippen LogP contribution in [0.15, 0.2) is 40.2 Å². The van der Waals surface area contributed by atoms with Gasteiger partial charge in [0.2, 0.25) is 5.91 Å². The molecule has 1 aromatic heterocycles. The number of fused-ring (bicyclic) bond motifs is 1. The maximum Gasteiger partial charge on any atom is 0.285 e. The molecule has 1 amide bonds. The number of amides is 1. The van der Waals surface area contributed by atoms with Crippen molar-refractivity contribution < 1.29 is 14.3 Å². The van der Waals surface area contributed by atoms with Crippen molar-refractivity contribution in [3.05, 3.63) is 40.8 Å². The minimum absolute atomic E-state index is 0.0828. The fourth-order valence-electron chi connectivity index (χ4n) is 3.21. The third-order valence-electron chi connectivity index (χ3n) is 4.53. The molecule has 3 heterocycles. The van der Waals surface area contributed by atoms with Crippen LogP contribution >= 0.6 is 11.8 Å². The first-order valence-electron chi connectivity index (χ1n) is 8.52. The Hall–Kier alpha value is -2.32. The van der Waals surface area contributed by atoms with Gasteiger partial charge in [0.15, 0.2) is 6.23 Å². The average molecular weight is 373 g/mol. The number of aromatic nitrogens is 2. The molecule has 1 unspecified atom stereocenters. The lowest BCUT2D eigenvalue weighted by molar-refractivity contribution is -0.115. The van der Waals surface area contributed by atoms with Crippen LogP contribution < -0.4 is 15.2 Å². The molecule has 2 aliphatic rings. The highest BCUT2D eigenvalue weighted by atomic mass is 32.2.